The van der Waals surface area contributed by atoms with E-state index in [1.165, 1.54) is 5.01 Å². The zero-order valence-corrected chi connectivity index (χ0v) is 12.0. The van der Waals surface area contributed by atoms with Gasteiger partial charge in [0.25, 0.3) is 0 Å². The number of anilines is 1. The minimum absolute atomic E-state index is 0.310. The van der Waals surface area contributed by atoms with E-state index in [-0.39, 0.29) is 0 Å². The monoisotopic (exact) mass is 331 g/mol. The third-order valence-electron chi connectivity index (χ3n) is 2.26. The van der Waals surface area contributed by atoms with E-state index >= 15 is 0 Å². The summed E-state index contributed by atoms with van der Waals surface area (Å²) < 4.78 is 5.82. The first-order chi connectivity index (χ1) is 8.63. The minimum atomic E-state index is -0.464. The highest BCUT2D eigenvalue weighted by Gasteiger charge is 2.29. The Balaban J connectivity index is 2.28. The molecule has 2 heterocycles. The van der Waals surface area contributed by atoms with Crippen molar-refractivity contribution in [3.63, 3.8) is 0 Å². The van der Waals surface area contributed by atoms with Crippen molar-refractivity contribution in [3.05, 3.63) is 34.0 Å². The molecule has 1 aliphatic rings. The van der Waals surface area contributed by atoms with Crippen LogP contribution in [0.5, 0.6) is 0 Å². The normalized spacial score (nSPS) is 14.7. The molecule has 0 aromatic carbocycles. The molecule has 0 saturated heterocycles. The molecular formula is C11H11BrClN3O2. The Morgan fingerprint density at radius 1 is 1.67 bits per heavy atom. The molecule has 2 rings (SSSR count). The standard InChI is InChI=1S/C11H11BrClN3O2/c1-2-18-11(17)16-7-8(12)6-15(16)10-9(13)4-3-5-14-10/h3-5,7H,2,6H2,1H3. The second-order valence-electron chi connectivity index (χ2n) is 3.49. The third kappa shape index (κ3) is 2.59. The summed E-state index contributed by atoms with van der Waals surface area (Å²) in [6, 6.07) is 3.46. The quantitative estimate of drug-likeness (QED) is 0.834. The van der Waals surface area contributed by atoms with Crippen molar-refractivity contribution in [1.29, 1.82) is 0 Å². The lowest BCUT2D eigenvalue weighted by Gasteiger charge is -2.27. The first-order valence-corrected chi connectivity index (χ1v) is 6.50. The molecule has 0 saturated carbocycles. The van der Waals surface area contributed by atoms with Crippen LogP contribution in [0, 0.1) is 0 Å². The first-order valence-electron chi connectivity index (χ1n) is 5.33. The van der Waals surface area contributed by atoms with E-state index in [2.05, 4.69) is 20.9 Å². The van der Waals surface area contributed by atoms with Gasteiger partial charge < -0.3 is 4.74 Å². The van der Waals surface area contributed by atoms with E-state index in [4.69, 9.17) is 16.3 Å². The molecule has 0 aliphatic carbocycles. The summed E-state index contributed by atoms with van der Waals surface area (Å²) in [6.07, 6.45) is 2.80. The summed E-state index contributed by atoms with van der Waals surface area (Å²) >= 11 is 9.44. The number of hydrogen-bond acceptors (Lipinski definition) is 4. The van der Waals surface area contributed by atoms with Crippen molar-refractivity contribution in [2.75, 3.05) is 18.2 Å². The van der Waals surface area contributed by atoms with Gasteiger partial charge in [0.15, 0.2) is 5.82 Å². The lowest BCUT2D eigenvalue weighted by atomic mass is 10.4. The number of rotatable bonds is 2. The fourth-order valence-electron chi connectivity index (χ4n) is 1.55. The summed E-state index contributed by atoms with van der Waals surface area (Å²) in [5.41, 5.74) is 0. The molecule has 1 aromatic rings. The van der Waals surface area contributed by atoms with E-state index in [0.29, 0.717) is 24.0 Å². The molecule has 96 valence electrons. The van der Waals surface area contributed by atoms with Crippen molar-refractivity contribution < 1.29 is 9.53 Å². The Morgan fingerprint density at radius 2 is 2.44 bits per heavy atom. The second-order valence-corrected chi connectivity index (χ2v) is 4.91. The van der Waals surface area contributed by atoms with Gasteiger partial charge in [-0.05, 0) is 19.1 Å². The van der Waals surface area contributed by atoms with Crippen LogP contribution < -0.4 is 5.01 Å². The lowest BCUT2D eigenvalue weighted by molar-refractivity contribution is 0.121. The van der Waals surface area contributed by atoms with E-state index in [1.807, 2.05) is 0 Å². The average molecular weight is 333 g/mol. The first kappa shape index (κ1) is 13.2. The Labute approximate surface area is 118 Å². The highest BCUT2D eigenvalue weighted by atomic mass is 79.9. The van der Waals surface area contributed by atoms with Gasteiger partial charge in [-0.3, -0.25) is 5.01 Å². The zero-order chi connectivity index (χ0) is 13.1. The fraction of sp³-hybridized carbons (Fsp3) is 0.273. The van der Waals surface area contributed by atoms with Crippen molar-refractivity contribution >= 4 is 39.4 Å². The fourth-order valence-corrected chi connectivity index (χ4v) is 2.20. The van der Waals surface area contributed by atoms with Crippen molar-refractivity contribution in [2.24, 2.45) is 0 Å². The van der Waals surface area contributed by atoms with Gasteiger partial charge in [-0.15, -0.1) is 0 Å². The van der Waals surface area contributed by atoms with Crippen LogP contribution in [0.1, 0.15) is 6.92 Å². The molecule has 0 radical (unpaired) electrons. The van der Waals surface area contributed by atoms with Crippen LogP contribution >= 0.6 is 27.5 Å². The molecule has 5 nitrogen and oxygen atoms in total. The smallest absolute Gasteiger partial charge is 0.433 e. The lowest BCUT2D eigenvalue weighted by Crippen LogP contribution is -2.40. The second kappa shape index (κ2) is 5.58. The van der Waals surface area contributed by atoms with Crippen molar-refractivity contribution in [2.45, 2.75) is 6.92 Å². The van der Waals surface area contributed by atoms with Crippen molar-refractivity contribution in [1.82, 2.24) is 9.99 Å². The van der Waals surface area contributed by atoms with Gasteiger partial charge in [0.05, 0.1) is 18.2 Å². The van der Waals surface area contributed by atoms with Gasteiger partial charge in [-0.25, -0.2) is 9.78 Å². The maximum absolute atomic E-state index is 11.8. The number of nitrogens with zero attached hydrogens (tertiary/aromatic N) is 3. The minimum Gasteiger partial charge on any atom is -0.448 e. The Bertz CT molecular complexity index is 495. The molecule has 0 bridgehead atoms. The number of amides is 1. The molecule has 1 aromatic heterocycles. The topological polar surface area (TPSA) is 45.7 Å². The summed E-state index contributed by atoms with van der Waals surface area (Å²) in [5, 5.41) is 3.47. The van der Waals surface area contributed by atoms with E-state index in [9.17, 15) is 4.79 Å². The number of carbonyl (C=O) groups excluding carboxylic acids is 1. The predicted octanol–water partition coefficient (Wildman–Crippen LogP) is 3.16. The van der Waals surface area contributed by atoms with Crippen LogP contribution in [0.25, 0.3) is 0 Å². The van der Waals surface area contributed by atoms with Gasteiger partial charge in [-0.1, -0.05) is 27.5 Å². The molecule has 0 atom stereocenters. The highest BCUT2D eigenvalue weighted by Crippen LogP contribution is 2.30. The summed E-state index contributed by atoms with van der Waals surface area (Å²) in [7, 11) is 0. The summed E-state index contributed by atoms with van der Waals surface area (Å²) in [5.74, 6) is 0.512. The Kier molecular flexibility index (Phi) is 4.08. The van der Waals surface area contributed by atoms with Crippen LogP contribution in [0.3, 0.4) is 0 Å². The number of aromatic nitrogens is 1. The number of halogens is 2. The molecule has 0 spiro atoms. The molecule has 7 heteroatoms. The van der Waals surface area contributed by atoms with Crippen LogP contribution in [-0.4, -0.2) is 29.2 Å². The maximum Gasteiger partial charge on any atom is 0.433 e. The van der Waals surface area contributed by atoms with Gasteiger partial charge in [-0.2, -0.15) is 5.01 Å². The summed E-state index contributed by atoms with van der Waals surface area (Å²) in [4.78, 5) is 16.0. The van der Waals surface area contributed by atoms with Gasteiger partial charge in [0.1, 0.15) is 0 Å². The summed E-state index contributed by atoms with van der Waals surface area (Å²) in [6.45, 7) is 2.55. The zero-order valence-electron chi connectivity index (χ0n) is 9.64. The number of hydrazine groups is 1. The third-order valence-corrected chi connectivity index (χ3v) is 3.01. The van der Waals surface area contributed by atoms with Gasteiger partial charge >= 0.3 is 6.09 Å². The molecule has 1 amide bonds. The van der Waals surface area contributed by atoms with E-state index in [1.54, 1.807) is 36.5 Å². The van der Waals surface area contributed by atoms with Crippen molar-refractivity contribution in [3.8, 4) is 0 Å². The maximum atomic E-state index is 11.8. The Hall–Kier alpha value is -1.27. The van der Waals surface area contributed by atoms with Crippen LogP contribution in [0.4, 0.5) is 10.6 Å². The molecule has 18 heavy (non-hydrogen) atoms. The van der Waals surface area contributed by atoms with Crippen LogP contribution in [0.15, 0.2) is 29.0 Å². The molecule has 1 aliphatic heterocycles. The average Bonchev–Trinajstić information content (AvgIpc) is 2.72. The van der Waals surface area contributed by atoms with E-state index < -0.39 is 6.09 Å². The number of carbonyl (C=O) groups is 1. The highest BCUT2D eigenvalue weighted by molar-refractivity contribution is 9.11. The predicted molar refractivity (Wildman–Crippen MR) is 72.5 cm³/mol. The van der Waals surface area contributed by atoms with Gasteiger partial charge in [0.2, 0.25) is 0 Å². The van der Waals surface area contributed by atoms with Crippen LogP contribution in [-0.2, 0) is 4.74 Å². The largest absolute Gasteiger partial charge is 0.448 e. The molecule has 0 N–H and O–H groups in total. The Morgan fingerprint density at radius 3 is 3.11 bits per heavy atom. The number of pyridine rings is 1. The number of hydrogen-bond donors (Lipinski definition) is 0. The SMILES string of the molecule is CCOC(=O)N1C=C(Br)CN1c1ncccc1Cl. The van der Waals surface area contributed by atoms with E-state index in [0.717, 1.165) is 4.48 Å². The molecular weight excluding hydrogens is 321 g/mol. The molecule has 0 fully saturated rings. The molecule has 0 unspecified atom stereocenters. The van der Waals surface area contributed by atoms with Crippen LogP contribution in [0.2, 0.25) is 5.02 Å². The number of ether oxygens (including phenoxy) is 1. The van der Waals surface area contributed by atoms with Gasteiger partial charge in [0, 0.05) is 16.9 Å².